The molecule has 1 aromatic carbocycles. The van der Waals surface area contributed by atoms with Gasteiger partial charge in [-0.15, -0.1) is 3.89 Å². The summed E-state index contributed by atoms with van der Waals surface area (Å²) in [5, 5.41) is -0.132. The van der Waals surface area contributed by atoms with Crippen molar-refractivity contribution in [1.82, 2.24) is 15.0 Å². The maximum absolute atomic E-state index is 12.4. The fourth-order valence-corrected chi connectivity index (χ4v) is 6.58. The fourth-order valence-electron chi connectivity index (χ4n) is 5.07. The third-order valence-corrected chi connectivity index (χ3v) is 10.4. The lowest BCUT2D eigenvalue weighted by atomic mass is 9.75. The first-order valence-electron chi connectivity index (χ1n) is 16.4. The second-order valence-electron chi connectivity index (χ2n) is 11.8. The topological polar surface area (TPSA) is 203 Å². The average molecular weight is 914 g/mol. The van der Waals surface area contributed by atoms with Gasteiger partial charge in [0.15, 0.2) is 0 Å². The minimum atomic E-state index is -4.77. The molecule has 304 valence electrons. The lowest BCUT2D eigenvalue weighted by Gasteiger charge is -2.30. The Morgan fingerprint density at radius 1 is 0.818 bits per heavy atom. The molecule has 22 heteroatoms. The van der Waals surface area contributed by atoms with Crippen LogP contribution in [-0.4, -0.2) is 86.4 Å². The lowest BCUT2D eigenvalue weighted by Crippen LogP contribution is -2.54. The zero-order valence-electron chi connectivity index (χ0n) is 29.1. The van der Waals surface area contributed by atoms with Crippen molar-refractivity contribution >= 4 is 123 Å². The average Bonchev–Trinajstić information content (AvgIpc) is 3.65. The Labute approximate surface area is 346 Å². The van der Waals surface area contributed by atoms with Gasteiger partial charge in [0, 0.05) is 49.5 Å². The molecule has 0 bridgehead atoms. The molecule has 2 saturated carbocycles. The molecule has 55 heavy (non-hydrogen) atoms. The van der Waals surface area contributed by atoms with E-state index < -0.39 is 53.3 Å². The largest absolute Gasteiger partial charge is 0.352 e. The predicted molar refractivity (Wildman–Crippen MR) is 201 cm³/mol. The SMILES string of the molecule is CCN1CCN(C(=O)Cl)C(=O)C1=O.O=C(Cl)CCC1CCCCC1.O=C(Cl)[C@@H]1CC[C@H]1C(=O)Cl.O=C(Cl)c1cccc(S(=O)(=O)F)c1.O=C(Cl)c1ccno1. The van der Waals surface area contributed by atoms with E-state index in [1.165, 1.54) is 61.4 Å². The van der Waals surface area contributed by atoms with Gasteiger partial charge >= 0.3 is 27.4 Å². The number of amides is 3. The van der Waals surface area contributed by atoms with Gasteiger partial charge in [0.2, 0.25) is 21.5 Å². The molecule has 0 unspecified atom stereocenters. The highest BCUT2D eigenvalue weighted by Gasteiger charge is 2.39. The first-order chi connectivity index (χ1) is 25.7. The summed E-state index contributed by atoms with van der Waals surface area (Å²) < 4.78 is 37.5. The maximum atomic E-state index is 12.4. The zero-order chi connectivity index (χ0) is 41.9. The normalized spacial score (nSPS) is 17.9. The van der Waals surface area contributed by atoms with Gasteiger partial charge in [-0.2, -0.15) is 8.42 Å². The van der Waals surface area contributed by atoms with Gasteiger partial charge in [0.05, 0.1) is 11.1 Å². The van der Waals surface area contributed by atoms with Gasteiger partial charge in [-0.3, -0.25) is 43.3 Å². The number of hydrogen-bond acceptors (Lipinski definition) is 12. The summed E-state index contributed by atoms with van der Waals surface area (Å²) in [5.74, 6) is -1.27. The minimum absolute atomic E-state index is 0.0552. The van der Waals surface area contributed by atoms with E-state index >= 15 is 0 Å². The van der Waals surface area contributed by atoms with Crippen LogP contribution in [0.5, 0.6) is 0 Å². The Morgan fingerprint density at radius 2 is 1.40 bits per heavy atom. The second kappa shape index (κ2) is 25.3. The number of likely N-dealkylation sites (N-methyl/N-ethyl adjacent to an activating group) is 1. The molecule has 1 aromatic heterocycles. The van der Waals surface area contributed by atoms with Crippen LogP contribution < -0.4 is 0 Å². The number of nitrogens with zero attached hydrogens (tertiary/aromatic N) is 3. The van der Waals surface area contributed by atoms with Crippen LogP contribution >= 0.6 is 69.6 Å². The summed E-state index contributed by atoms with van der Waals surface area (Å²) in [4.78, 5) is 86.7. The maximum Gasteiger partial charge on any atom is 0.332 e. The number of carbonyl (C=O) groups is 8. The van der Waals surface area contributed by atoms with Gasteiger partial charge in [-0.1, -0.05) is 49.4 Å². The Morgan fingerprint density at radius 3 is 1.78 bits per heavy atom. The highest BCUT2D eigenvalue weighted by molar-refractivity contribution is 7.86. The van der Waals surface area contributed by atoms with Gasteiger partial charge in [-0.25, -0.2) is 0 Å². The number of benzene rings is 1. The fraction of sp³-hybridized carbons (Fsp3) is 0.485. The number of imide groups is 1. The molecule has 2 aromatic rings. The third kappa shape index (κ3) is 18.7. The quantitative estimate of drug-likeness (QED) is 0.137. The molecular formula is C33H36Cl6FN3O11S. The van der Waals surface area contributed by atoms with Crippen LogP contribution in [0.3, 0.4) is 0 Å². The molecule has 1 saturated heterocycles. The van der Waals surface area contributed by atoms with E-state index in [1.807, 2.05) is 0 Å². The molecule has 0 radical (unpaired) electrons. The molecular weight excluding hydrogens is 878 g/mol. The van der Waals surface area contributed by atoms with Crippen LogP contribution in [0, 0.1) is 17.8 Å². The molecule has 2 aliphatic carbocycles. The Bertz CT molecular complexity index is 1760. The van der Waals surface area contributed by atoms with Crippen LogP contribution in [0.2, 0.25) is 0 Å². The van der Waals surface area contributed by atoms with E-state index in [1.54, 1.807) is 6.92 Å². The second-order valence-corrected chi connectivity index (χ2v) is 15.3. The van der Waals surface area contributed by atoms with E-state index in [-0.39, 0.29) is 34.9 Å². The summed E-state index contributed by atoms with van der Waals surface area (Å²) in [6.45, 7) is 2.78. The monoisotopic (exact) mass is 911 g/mol. The van der Waals surface area contributed by atoms with Crippen molar-refractivity contribution in [2.75, 3.05) is 19.6 Å². The van der Waals surface area contributed by atoms with Gasteiger partial charge in [0.1, 0.15) is 0 Å². The number of rotatable bonds is 9. The summed E-state index contributed by atoms with van der Waals surface area (Å²) in [6, 6.07) is 5.85. The van der Waals surface area contributed by atoms with Gasteiger partial charge < -0.3 is 9.42 Å². The Hall–Kier alpha value is -2.99. The lowest BCUT2D eigenvalue weighted by molar-refractivity contribution is -0.153. The Kier molecular flexibility index (Phi) is 23.0. The van der Waals surface area contributed by atoms with Gasteiger partial charge in [-0.05, 0) is 114 Å². The number of hydrogen-bond donors (Lipinski definition) is 0. The Balaban J connectivity index is 0.000000347. The van der Waals surface area contributed by atoms with E-state index in [4.69, 9.17) is 69.6 Å². The van der Waals surface area contributed by atoms with Crippen LogP contribution in [0.4, 0.5) is 8.68 Å². The van der Waals surface area contributed by atoms with Gasteiger partial charge in [0.25, 0.3) is 10.5 Å². The smallest absolute Gasteiger partial charge is 0.332 e. The van der Waals surface area contributed by atoms with Crippen molar-refractivity contribution in [3.8, 4) is 0 Å². The zero-order valence-corrected chi connectivity index (χ0v) is 34.4. The van der Waals surface area contributed by atoms with E-state index in [0.717, 1.165) is 29.4 Å². The standard InChI is InChI=1S/C9H15ClO.C7H4ClFO3S.C7H9ClN2O3.C6H6Cl2O2.C4H2ClNO2/c10-9(11)7-6-8-4-2-1-3-5-8;8-7(10)5-2-1-3-6(4-5)13(9,11)12;1-2-9-3-4-10(7(8)13)6(12)5(9)11;7-5(9)3-1-2-4(3)6(8)10;5-4(7)3-1-2-6-8-3/h8H,1-7H2;1-4H;2-4H2,1H3;3-4H,1-2H2;1-2H/t;;;3-,4-;/m...1./s1. The third-order valence-electron chi connectivity index (χ3n) is 8.21. The van der Waals surface area contributed by atoms with Crippen molar-refractivity contribution in [1.29, 1.82) is 0 Å². The summed E-state index contributed by atoms with van der Waals surface area (Å²) in [6.07, 6.45) is 11.0. The summed E-state index contributed by atoms with van der Waals surface area (Å²) in [7, 11) is -4.77. The first kappa shape index (κ1) is 50.0. The molecule has 3 fully saturated rings. The molecule has 14 nitrogen and oxygen atoms in total. The van der Waals surface area contributed by atoms with E-state index in [2.05, 4.69) is 9.68 Å². The number of aromatic nitrogens is 1. The molecule has 3 aliphatic rings. The molecule has 0 spiro atoms. The van der Waals surface area contributed by atoms with Crippen LogP contribution in [-0.2, 0) is 34.2 Å². The molecule has 2 heterocycles. The van der Waals surface area contributed by atoms with Crippen LogP contribution in [0.1, 0.15) is 85.6 Å². The van der Waals surface area contributed by atoms with E-state index in [9.17, 15) is 50.7 Å². The number of halogens is 7. The van der Waals surface area contributed by atoms with Crippen LogP contribution in [0.25, 0.3) is 0 Å². The highest BCUT2D eigenvalue weighted by Crippen LogP contribution is 2.37. The number of piperazine rings is 1. The van der Waals surface area contributed by atoms with Crippen LogP contribution in [0.15, 0.2) is 45.9 Å². The summed E-state index contributed by atoms with van der Waals surface area (Å²) >= 11 is 30.7. The molecule has 2 atom stereocenters. The van der Waals surface area contributed by atoms with Crippen molar-refractivity contribution in [3.63, 3.8) is 0 Å². The molecule has 5 rings (SSSR count). The minimum Gasteiger partial charge on any atom is -0.352 e. The van der Waals surface area contributed by atoms with Crippen molar-refractivity contribution in [3.05, 3.63) is 47.9 Å². The molecule has 0 N–H and O–H groups in total. The number of carbonyl (C=O) groups excluding carboxylic acids is 8. The van der Waals surface area contributed by atoms with Crippen molar-refractivity contribution in [2.24, 2.45) is 17.8 Å². The highest BCUT2D eigenvalue weighted by atomic mass is 35.5. The summed E-state index contributed by atoms with van der Waals surface area (Å²) in [5.41, 5.74) is -0.0552. The molecule has 1 aliphatic heterocycles. The van der Waals surface area contributed by atoms with E-state index in [0.29, 0.717) is 32.4 Å². The van der Waals surface area contributed by atoms with Crippen molar-refractivity contribution in [2.45, 2.75) is 69.6 Å². The predicted octanol–water partition coefficient (Wildman–Crippen LogP) is 7.47. The molecule has 3 amide bonds. The first-order valence-corrected chi connectivity index (χ1v) is 20.1. The van der Waals surface area contributed by atoms with Crippen molar-refractivity contribution < 1.29 is 55.2 Å².